The summed E-state index contributed by atoms with van der Waals surface area (Å²) in [7, 11) is -3.62. The molecule has 118 valence electrons. The van der Waals surface area contributed by atoms with Crippen molar-refractivity contribution in [2.75, 3.05) is 4.72 Å². The van der Waals surface area contributed by atoms with Gasteiger partial charge in [0.05, 0.1) is 5.75 Å². The quantitative estimate of drug-likeness (QED) is 0.699. The first-order chi connectivity index (χ1) is 10.9. The van der Waals surface area contributed by atoms with Gasteiger partial charge in [-0.3, -0.25) is 4.72 Å². The lowest BCUT2D eigenvalue weighted by Gasteiger charge is -2.11. The SMILES string of the molecule is O=S(=O)(Cc1c(Cl)cccc1Cl)Nc1ccc2ccccc2c1. The number of halogens is 2. The van der Waals surface area contributed by atoms with Gasteiger partial charge in [0.25, 0.3) is 0 Å². The standard InChI is InChI=1S/C17H13Cl2NO2S/c18-16-6-3-7-17(19)15(16)11-23(21,22)20-14-9-8-12-4-1-2-5-13(12)10-14/h1-10,20H,11H2. The Morgan fingerprint density at radius 3 is 2.17 bits per heavy atom. The molecule has 0 aliphatic carbocycles. The Labute approximate surface area is 144 Å². The minimum atomic E-state index is -3.62. The third-order valence-electron chi connectivity index (χ3n) is 3.42. The summed E-state index contributed by atoms with van der Waals surface area (Å²) in [5, 5.41) is 2.68. The Morgan fingerprint density at radius 1 is 0.826 bits per heavy atom. The number of rotatable bonds is 4. The summed E-state index contributed by atoms with van der Waals surface area (Å²) in [6, 6.07) is 18.1. The van der Waals surface area contributed by atoms with Crippen LogP contribution in [0.5, 0.6) is 0 Å². The van der Waals surface area contributed by atoms with Crippen LogP contribution in [-0.2, 0) is 15.8 Å². The van der Waals surface area contributed by atoms with E-state index in [1.54, 1.807) is 30.3 Å². The van der Waals surface area contributed by atoms with Gasteiger partial charge in [-0.1, -0.05) is 59.6 Å². The molecule has 0 fully saturated rings. The van der Waals surface area contributed by atoms with E-state index in [0.29, 0.717) is 21.3 Å². The first-order valence-electron chi connectivity index (χ1n) is 6.87. The lowest BCUT2D eigenvalue weighted by molar-refractivity contribution is 0.600. The van der Waals surface area contributed by atoms with Crippen molar-refractivity contribution in [1.29, 1.82) is 0 Å². The summed E-state index contributed by atoms with van der Waals surface area (Å²) in [5.41, 5.74) is 0.899. The second kappa shape index (κ2) is 6.40. The molecule has 0 heterocycles. The van der Waals surface area contributed by atoms with Gasteiger partial charge in [0.2, 0.25) is 10.0 Å². The number of benzene rings is 3. The average Bonchev–Trinajstić information content (AvgIpc) is 2.51. The average molecular weight is 366 g/mol. The topological polar surface area (TPSA) is 46.2 Å². The van der Waals surface area contributed by atoms with Gasteiger partial charge in [0.15, 0.2) is 0 Å². The molecule has 23 heavy (non-hydrogen) atoms. The lowest BCUT2D eigenvalue weighted by Crippen LogP contribution is -2.15. The van der Waals surface area contributed by atoms with Crippen molar-refractivity contribution < 1.29 is 8.42 Å². The molecule has 3 nitrogen and oxygen atoms in total. The highest BCUT2D eigenvalue weighted by Gasteiger charge is 2.16. The van der Waals surface area contributed by atoms with Crippen molar-refractivity contribution in [3.63, 3.8) is 0 Å². The Hall–Kier alpha value is -1.75. The monoisotopic (exact) mass is 365 g/mol. The zero-order chi connectivity index (χ0) is 16.4. The molecule has 0 unspecified atom stereocenters. The predicted octanol–water partition coefficient (Wildman–Crippen LogP) is 5.09. The molecule has 0 radical (unpaired) electrons. The van der Waals surface area contributed by atoms with Gasteiger partial charge in [0.1, 0.15) is 0 Å². The Balaban J connectivity index is 1.88. The molecule has 0 amide bonds. The van der Waals surface area contributed by atoms with Gasteiger partial charge in [-0.15, -0.1) is 0 Å². The number of fused-ring (bicyclic) bond motifs is 1. The van der Waals surface area contributed by atoms with Gasteiger partial charge in [0, 0.05) is 21.3 Å². The van der Waals surface area contributed by atoms with Crippen LogP contribution in [0.3, 0.4) is 0 Å². The van der Waals surface area contributed by atoms with E-state index in [4.69, 9.17) is 23.2 Å². The molecular weight excluding hydrogens is 353 g/mol. The van der Waals surface area contributed by atoms with Crippen LogP contribution in [0, 0.1) is 0 Å². The fourth-order valence-electron chi connectivity index (χ4n) is 2.33. The highest BCUT2D eigenvalue weighted by Crippen LogP contribution is 2.27. The van der Waals surface area contributed by atoms with Crippen molar-refractivity contribution in [1.82, 2.24) is 0 Å². The zero-order valence-corrected chi connectivity index (χ0v) is 14.3. The van der Waals surface area contributed by atoms with Gasteiger partial charge in [-0.05, 0) is 35.0 Å². The maximum absolute atomic E-state index is 12.4. The van der Waals surface area contributed by atoms with Crippen LogP contribution in [-0.4, -0.2) is 8.42 Å². The minimum absolute atomic E-state index is 0.279. The Morgan fingerprint density at radius 2 is 1.48 bits per heavy atom. The van der Waals surface area contributed by atoms with E-state index in [-0.39, 0.29) is 5.75 Å². The van der Waals surface area contributed by atoms with Crippen LogP contribution >= 0.6 is 23.2 Å². The van der Waals surface area contributed by atoms with Gasteiger partial charge < -0.3 is 0 Å². The Kier molecular flexibility index (Phi) is 4.48. The van der Waals surface area contributed by atoms with Crippen molar-refractivity contribution in [3.8, 4) is 0 Å². The summed E-state index contributed by atoms with van der Waals surface area (Å²) in [6.45, 7) is 0. The summed E-state index contributed by atoms with van der Waals surface area (Å²) in [6.07, 6.45) is 0. The first-order valence-corrected chi connectivity index (χ1v) is 9.28. The smallest absolute Gasteiger partial charge is 0.237 e. The fraction of sp³-hybridized carbons (Fsp3) is 0.0588. The van der Waals surface area contributed by atoms with Crippen molar-refractivity contribution in [2.45, 2.75) is 5.75 Å². The second-order valence-corrected chi connectivity index (χ2v) is 7.66. The normalized spacial score (nSPS) is 11.6. The van der Waals surface area contributed by atoms with E-state index in [1.165, 1.54) is 0 Å². The molecule has 0 saturated heterocycles. The molecule has 0 saturated carbocycles. The van der Waals surface area contributed by atoms with E-state index in [2.05, 4.69) is 4.72 Å². The largest absolute Gasteiger partial charge is 0.283 e. The van der Waals surface area contributed by atoms with Crippen LogP contribution in [0.2, 0.25) is 10.0 Å². The van der Waals surface area contributed by atoms with Crippen LogP contribution in [0.15, 0.2) is 60.7 Å². The molecule has 3 aromatic carbocycles. The van der Waals surface area contributed by atoms with E-state index in [9.17, 15) is 8.42 Å². The summed E-state index contributed by atoms with van der Waals surface area (Å²) in [5.74, 6) is -0.279. The van der Waals surface area contributed by atoms with Crippen molar-refractivity contribution in [3.05, 3.63) is 76.3 Å². The molecular formula is C17H13Cl2NO2S. The van der Waals surface area contributed by atoms with Gasteiger partial charge >= 0.3 is 0 Å². The molecule has 1 N–H and O–H groups in total. The minimum Gasteiger partial charge on any atom is -0.283 e. The van der Waals surface area contributed by atoms with Crippen LogP contribution in [0.25, 0.3) is 10.8 Å². The van der Waals surface area contributed by atoms with Gasteiger partial charge in [-0.25, -0.2) is 8.42 Å². The second-order valence-electron chi connectivity index (χ2n) is 5.12. The highest BCUT2D eigenvalue weighted by atomic mass is 35.5. The lowest BCUT2D eigenvalue weighted by atomic mass is 10.1. The Bertz CT molecular complexity index is 951. The molecule has 0 bridgehead atoms. The molecule has 3 aromatic rings. The summed E-state index contributed by atoms with van der Waals surface area (Å²) in [4.78, 5) is 0. The van der Waals surface area contributed by atoms with E-state index < -0.39 is 10.0 Å². The number of hydrogen-bond acceptors (Lipinski definition) is 2. The van der Waals surface area contributed by atoms with Gasteiger partial charge in [-0.2, -0.15) is 0 Å². The molecule has 0 aromatic heterocycles. The van der Waals surface area contributed by atoms with Crippen LogP contribution in [0.4, 0.5) is 5.69 Å². The zero-order valence-electron chi connectivity index (χ0n) is 12.0. The molecule has 0 aliphatic heterocycles. The van der Waals surface area contributed by atoms with Crippen LogP contribution < -0.4 is 4.72 Å². The molecule has 6 heteroatoms. The number of sulfonamides is 1. The summed E-state index contributed by atoms with van der Waals surface area (Å²) >= 11 is 12.1. The maximum atomic E-state index is 12.4. The van der Waals surface area contributed by atoms with E-state index in [1.807, 2.05) is 30.3 Å². The highest BCUT2D eigenvalue weighted by molar-refractivity contribution is 7.91. The third kappa shape index (κ3) is 3.78. The molecule has 0 atom stereocenters. The third-order valence-corrected chi connectivity index (χ3v) is 5.34. The van der Waals surface area contributed by atoms with E-state index in [0.717, 1.165) is 10.8 Å². The molecule has 0 spiro atoms. The maximum Gasteiger partial charge on any atom is 0.237 e. The van der Waals surface area contributed by atoms with Crippen molar-refractivity contribution in [2.24, 2.45) is 0 Å². The first kappa shape index (κ1) is 16.1. The number of hydrogen-bond donors (Lipinski definition) is 1. The number of nitrogens with one attached hydrogen (secondary N) is 1. The van der Waals surface area contributed by atoms with E-state index >= 15 is 0 Å². The molecule has 0 aliphatic rings. The molecule has 3 rings (SSSR count). The summed E-state index contributed by atoms with van der Waals surface area (Å²) < 4.78 is 27.3. The number of anilines is 1. The van der Waals surface area contributed by atoms with Crippen molar-refractivity contribution >= 4 is 49.7 Å². The predicted molar refractivity (Wildman–Crippen MR) is 96.7 cm³/mol. The fourth-order valence-corrected chi connectivity index (χ4v) is 4.27. The van der Waals surface area contributed by atoms with Crippen LogP contribution in [0.1, 0.15) is 5.56 Å².